The first-order valence-electron chi connectivity index (χ1n) is 8.28. The van der Waals surface area contributed by atoms with E-state index in [1.54, 1.807) is 23.1 Å². The van der Waals surface area contributed by atoms with Crippen molar-refractivity contribution >= 4 is 28.5 Å². The molecule has 0 N–H and O–H groups in total. The fourth-order valence-corrected chi connectivity index (χ4v) is 3.95. The zero-order valence-electron chi connectivity index (χ0n) is 13.2. The number of hydrogen-bond donors (Lipinski definition) is 0. The monoisotopic (exact) mass is 347 g/mol. The highest BCUT2D eigenvalue weighted by molar-refractivity contribution is 6.31. The van der Waals surface area contributed by atoms with Gasteiger partial charge in [-0.15, -0.1) is 0 Å². The maximum atomic E-state index is 13.0. The van der Waals surface area contributed by atoms with E-state index in [2.05, 4.69) is 0 Å². The van der Waals surface area contributed by atoms with Crippen molar-refractivity contribution in [3.63, 3.8) is 0 Å². The third-order valence-corrected chi connectivity index (χ3v) is 5.19. The van der Waals surface area contributed by atoms with Gasteiger partial charge in [-0.25, -0.2) is 0 Å². The van der Waals surface area contributed by atoms with Crippen LogP contribution in [0.25, 0.3) is 11.0 Å². The molecule has 1 spiro atoms. The first-order chi connectivity index (χ1) is 11.6. The molecule has 1 aromatic carbocycles. The molecule has 2 aliphatic rings. The Hall–Kier alpha value is -1.85. The topological polar surface area (TPSA) is 59.8 Å². The number of nitrogens with zero attached hydrogens (tertiary/aromatic N) is 1. The SMILES string of the molecule is O=C(c1cc(=O)c2cc(Cl)ccc2o1)N1CCOC12CCCCC2. The van der Waals surface area contributed by atoms with Gasteiger partial charge in [-0.1, -0.05) is 18.0 Å². The van der Waals surface area contributed by atoms with Gasteiger partial charge in [0.1, 0.15) is 11.3 Å². The van der Waals surface area contributed by atoms with E-state index in [0.717, 1.165) is 25.7 Å². The Labute approximate surface area is 144 Å². The fraction of sp³-hybridized carbons (Fsp3) is 0.444. The van der Waals surface area contributed by atoms with Crippen LogP contribution in [0.5, 0.6) is 0 Å². The summed E-state index contributed by atoms with van der Waals surface area (Å²) < 4.78 is 11.6. The van der Waals surface area contributed by atoms with Gasteiger partial charge in [0.15, 0.2) is 11.2 Å². The molecular weight excluding hydrogens is 330 g/mol. The van der Waals surface area contributed by atoms with E-state index in [4.69, 9.17) is 20.8 Å². The van der Waals surface area contributed by atoms with Crippen molar-refractivity contribution in [2.45, 2.75) is 37.8 Å². The summed E-state index contributed by atoms with van der Waals surface area (Å²) in [6, 6.07) is 6.07. The molecular formula is C18H18ClNO4. The lowest BCUT2D eigenvalue weighted by Gasteiger charge is -2.39. The minimum atomic E-state index is -0.525. The van der Waals surface area contributed by atoms with Crippen molar-refractivity contribution in [3.8, 4) is 0 Å². The lowest BCUT2D eigenvalue weighted by atomic mass is 9.90. The molecule has 0 radical (unpaired) electrons. The maximum Gasteiger partial charge on any atom is 0.292 e. The standard InChI is InChI=1S/C18H18ClNO4/c19-12-4-5-15-13(10-12)14(21)11-16(24-15)17(22)20-8-9-23-18(20)6-2-1-3-7-18/h4-5,10-11H,1-3,6-9H2. The van der Waals surface area contributed by atoms with Crippen molar-refractivity contribution < 1.29 is 13.9 Å². The van der Waals surface area contributed by atoms with Gasteiger partial charge in [0.05, 0.1) is 12.0 Å². The predicted octanol–water partition coefficient (Wildman–Crippen LogP) is 3.58. The second kappa shape index (κ2) is 5.90. The molecule has 24 heavy (non-hydrogen) atoms. The largest absolute Gasteiger partial charge is 0.451 e. The lowest BCUT2D eigenvalue weighted by Crippen LogP contribution is -2.49. The predicted molar refractivity (Wildman–Crippen MR) is 90.3 cm³/mol. The Bertz CT molecular complexity index is 854. The molecule has 2 heterocycles. The Kier molecular flexibility index (Phi) is 3.85. The summed E-state index contributed by atoms with van der Waals surface area (Å²) in [5, 5.41) is 0.840. The van der Waals surface area contributed by atoms with Crippen molar-refractivity contribution in [2.24, 2.45) is 0 Å². The minimum Gasteiger partial charge on any atom is -0.451 e. The maximum absolute atomic E-state index is 13.0. The van der Waals surface area contributed by atoms with Crippen LogP contribution in [-0.4, -0.2) is 29.7 Å². The van der Waals surface area contributed by atoms with Crippen LogP contribution in [0.1, 0.15) is 42.7 Å². The summed E-state index contributed by atoms with van der Waals surface area (Å²) in [7, 11) is 0. The Morgan fingerprint density at radius 1 is 1.17 bits per heavy atom. The fourth-order valence-electron chi connectivity index (χ4n) is 3.78. The molecule has 0 unspecified atom stereocenters. The molecule has 4 rings (SSSR count). The number of rotatable bonds is 1. The van der Waals surface area contributed by atoms with Gasteiger partial charge in [-0.05, 0) is 43.9 Å². The number of ether oxygens (including phenoxy) is 1. The zero-order valence-corrected chi connectivity index (χ0v) is 14.0. The summed E-state index contributed by atoms with van der Waals surface area (Å²) in [6.07, 6.45) is 4.94. The Morgan fingerprint density at radius 2 is 1.96 bits per heavy atom. The van der Waals surface area contributed by atoms with Crippen molar-refractivity contribution in [2.75, 3.05) is 13.2 Å². The van der Waals surface area contributed by atoms with Crippen LogP contribution in [0, 0.1) is 0 Å². The number of fused-ring (bicyclic) bond motifs is 1. The summed E-state index contributed by atoms with van der Waals surface area (Å²) in [6.45, 7) is 1.06. The summed E-state index contributed by atoms with van der Waals surface area (Å²) >= 11 is 5.92. The van der Waals surface area contributed by atoms with Gasteiger partial charge >= 0.3 is 0 Å². The Balaban J connectivity index is 1.73. The molecule has 2 fully saturated rings. The molecule has 1 aromatic heterocycles. The molecule has 0 bridgehead atoms. The third kappa shape index (κ3) is 2.52. The highest BCUT2D eigenvalue weighted by Crippen LogP contribution is 2.38. The van der Waals surface area contributed by atoms with E-state index in [-0.39, 0.29) is 17.1 Å². The molecule has 1 aliphatic heterocycles. The number of amides is 1. The van der Waals surface area contributed by atoms with E-state index in [1.807, 2.05) is 0 Å². The molecule has 1 amide bonds. The van der Waals surface area contributed by atoms with Gasteiger partial charge < -0.3 is 14.1 Å². The minimum absolute atomic E-state index is 0.0604. The molecule has 5 nitrogen and oxygen atoms in total. The molecule has 0 atom stereocenters. The van der Waals surface area contributed by atoms with Crippen LogP contribution in [0.3, 0.4) is 0 Å². The number of halogens is 1. The van der Waals surface area contributed by atoms with E-state index in [0.29, 0.717) is 29.1 Å². The highest BCUT2D eigenvalue weighted by Gasteiger charge is 2.46. The molecule has 1 saturated heterocycles. The second-order valence-corrected chi connectivity index (χ2v) is 6.86. The first kappa shape index (κ1) is 15.7. The van der Waals surface area contributed by atoms with Gasteiger partial charge in [0.2, 0.25) is 0 Å². The molecule has 126 valence electrons. The number of carbonyl (C=O) groups excluding carboxylic acids is 1. The van der Waals surface area contributed by atoms with Crippen LogP contribution in [-0.2, 0) is 4.74 Å². The third-order valence-electron chi connectivity index (χ3n) is 4.96. The summed E-state index contributed by atoms with van der Waals surface area (Å²) in [5.74, 6) is -0.214. The van der Waals surface area contributed by atoms with Crippen LogP contribution in [0.4, 0.5) is 0 Å². The van der Waals surface area contributed by atoms with Crippen molar-refractivity contribution in [3.05, 3.63) is 45.3 Å². The van der Waals surface area contributed by atoms with Gasteiger partial charge in [-0.2, -0.15) is 0 Å². The summed E-state index contributed by atoms with van der Waals surface area (Å²) in [5.41, 5.74) is -0.420. The van der Waals surface area contributed by atoms with Gasteiger partial charge in [0.25, 0.3) is 5.91 Å². The Morgan fingerprint density at radius 3 is 2.75 bits per heavy atom. The number of hydrogen-bond acceptors (Lipinski definition) is 4. The van der Waals surface area contributed by atoms with E-state index >= 15 is 0 Å². The van der Waals surface area contributed by atoms with Gasteiger partial charge in [0, 0.05) is 17.6 Å². The summed E-state index contributed by atoms with van der Waals surface area (Å²) in [4.78, 5) is 27.0. The van der Waals surface area contributed by atoms with E-state index in [9.17, 15) is 9.59 Å². The lowest BCUT2D eigenvalue weighted by molar-refractivity contribution is -0.0925. The highest BCUT2D eigenvalue weighted by atomic mass is 35.5. The van der Waals surface area contributed by atoms with Crippen molar-refractivity contribution in [1.82, 2.24) is 4.90 Å². The van der Waals surface area contributed by atoms with E-state index in [1.165, 1.54) is 12.5 Å². The number of benzene rings is 1. The van der Waals surface area contributed by atoms with Gasteiger partial charge in [-0.3, -0.25) is 9.59 Å². The first-order valence-corrected chi connectivity index (χ1v) is 8.66. The molecule has 6 heteroatoms. The quantitative estimate of drug-likeness (QED) is 0.791. The normalized spacial score (nSPS) is 20.0. The molecule has 2 aromatic rings. The molecule has 1 saturated carbocycles. The van der Waals surface area contributed by atoms with E-state index < -0.39 is 5.72 Å². The number of carbonyl (C=O) groups is 1. The van der Waals surface area contributed by atoms with Crippen LogP contribution < -0.4 is 5.43 Å². The van der Waals surface area contributed by atoms with Crippen LogP contribution in [0.15, 0.2) is 33.5 Å². The molecule has 1 aliphatic carbocycles. The average molecular weight is 348 g/mol. The second-order valence-electron chi connectivity index (χ2n) is 6.43. The average Bonchev–Trinajstić information content (AvgIpc) is 2.98. The zero-order chi connectivity index (χ0) is 16.7. The van der Waals surface area contributed by atoms with Crippen molar-refractivity contribution in [1.29, 1.82) is 0 Å². The smallest absolute Gasteiger partial charge is 0.292 e. The van der Waals surface area contributed by atoms with Crippen LogP contribution >= 0.6 is 11.6 Å². The van der Waals surface area contributed by atoms with Crippen LogP contribution in [0.2, 0.25) is 5.02 Å².